The molecule has 5 atom stereocenters. The van der Waals surface area contributed by atoms with Gasteiger partial charge in [0, 0.05) is 23.5 Å². The third-order valence-electron chi connectivity index (χ3n) is 11.6. The van der Waals surface area contributed by atoms with E-state index in [0.717, 1.165) is 46.2 Å². The Kier molecular flexibility index (Phi) is 10.00. The number of carbonyl (C=O) groups excluding carboxylic acids is 4. The summed E-state index contributed by atoms with van der Waals surface area (Å²) in [5, 5.41) is 11.8. The number of fused-ring (bicyclic) bond motifs is 7. The first-order valence-electron chi connectivity index (χ1n) is 19.5. The number of nitrogens with one attached hydrogen (secondary N) is 3. The molecular formula is C43H47N5O7S2. The molecule has 3 aliphatic carbocycles. The molecule has 0 spiro atoms. The van der Waals surface area contributed by atoms with Crippen molar-refractivity contribution in [3.63, 3.8) is 0 Å². The molecule has 3 unspecified atom stereocenters. The number of oxime groups is 1. The Morgan fingerprint density at radius 2 is 1.82 bits per heavy atom. The van der Waals surface area contributed by atoms with E-state index in [0.29, 0.717) is 29.9 Å². The maximum absolute atomic E-state index is 14.8. The first-order valence-corrected chi connectivity index (χ1v) is 22.0. The standard InChI is InChI=1S/C43H47N5O7S2/c1-5-27-23-43(27,41(52)47-57(53,54)29-16-17-29)45-38(49)34-22-28-24-48(34)40(51)37(42(2,3)4)44-39(50)36-26(19-20-56-36)12-8-6-7-11-25-15-18-31-30-13-9-10-14-32(30)35(46-55-28)33(31)21-25/h5,7,9-11,13-15,18-21,27-29,34,37H,1,6,8,12,16-17,22-24H2,2-4H3,(H,44,50)(H,45,49)(H,47,52)/b11-7+,46-35-/t27-,28?,34?,37-,43?/m1/s1. The summed E-state index contributed by atoms with van der Waals surface area (Å²) in [5.74, 6) is -2.84. The summed E-state index contributed by atoms with van der Waals surface area (Å²) in [6.07, 6.45) is 8.41. The molecule has 3 heterocycles. The van der Waals surface area contributed by atoms with Crippen LogP contribution in [0.4, 0.5) is 0 Å². The van der Waals surface area contributed by atoms with Crippen molar-refractivity contribution in [2.24, 2.45) is 16.5 Å². The van der Waals surface area contributed by atoms with Crippen LogP contribution >= 0.6 is 11.3 Å². The molecule has 57 heavy (non-hydrogen) atoms. The van der Waals surface area contributed by atoms with E-state index in [1.54, 1.807) is 0 Å². The minimum Gasteiger partial charge on any atom is -0.390 e. The number of hydrogen-bond acceptors (Lipinski definition) is 9. The van der Waals surface area contributed by atoms with Gasteiger partial charge in [0.05, 0.1) is 16.7 Å². The quantitative estimate of drug-likeness (QED) is 0.222. The van der Waals surface area contributed by atoms with Crippen LogP contribution in [0.5, 0.6) is 0 Å². The van der Waals surface area contributed by atoms with E-state index in [4.69, 9.17) is 9.99 Å². The highest BCUT2D eigenvalue weighted by Crippen LogP contribution is 2.46. The largest absolute Gasteiger partial charge is 0.390 e. The van der Waals surface area contributed by atoms with Crippen LogP contribution in [0.15, 0.2) is 77.8 Å². The lowest BCUT2D eigenvalue weighted by molar-refractivity contribution is -0.142. The normalized spacial score (nSPS) is 27.4. The van der Waals surface area contributed by atoms with Gasteiger partial charge in [0.1, 0.15) is 29.4 Å². The van der Waals surface area contributed by atoms with Gasteiger partial charge in [-0.05, 0) is 83.7 Å². The lowest BCUT2D eigenvalue weighted by Gasteiger charge is -2.35. The number of thiophene rings is 1. The van der Waals surface area contributed by atoms with Gasteiger partial charge in [-0.25, -0.2) is 8.42 Å². The number of carbonyl (C=O) groups is 4. The minimum absolute atomic E-state index is 0.0299. The van der Waals surface area contributed by atoms with Gasteiger partial charge in [-0.1, -0.05) is 80.6 Å². The van der Waals surface area contributed by atoms with Crippen molar-refractivity contribution in [1.29, 1.82) is 0 Å². The van der Waals surface area contributed by atoms with Crippen LogP contribution in [-0.2, 0) is 35.7 Å². The van der Waals surface area contributed by atoms with Crippen LogP contribution < -0.4 is 15.4 Å². The molecule has 1 saturated heterocycles. The first kappa shape index (κ1) is 38.8. The fourth-order valence-corrected chi connectivity index (χ4v) is 10.4. The van der Waals surface area contributed by atoms with Crippen molar-refractivity contribution in [3.05, 3.63) is 99.8 Å². The second-order valence-electron chi connectivity index (χ2n) is 16.8. The Bertz CT molecular complexity index is 2340. The Hall–Kier alpha value is -5.08. The van der Waals surface area contributed by atoms with Gasteiger partial charge in [0.25, 0.3) is 11.8 Å². The monoisotopic (exact) mass is 809 g/mol. The van der Waals surface area contributed by atoms with E-state index in [-0.39, 0.29) is 25.3 Å². The molecule has 4 bridgehead atoms. The zero-order valence-corrected chi connectivity index (χ0v) is 33.9. The Labute approximate surface area is 336 Å². The van der Waals surface area contributed by atoms with E-state index in [9.17, 15) is 27.6 Å². The average molecular weight is 810 g/mol. The summed E-state index contributed by atoms with van der Waals surface area (Å²) in [7, 11) is -3.90. The fourth-order valence-electron chi connectivity index (χ4n) is 8.15. The molecule has 3 N–H and O–H groups in total. The molecular weight excluding hydrogens is 763 g/mol. The molecule has 2 saturated carbocycles. The second-order valence-corrected chi connectivity index (χ2v) is 19.7. The smallest absolute Gasteiger partial charge is 0.262 e. The molecule has 298 valence electrons. The number of hydrogen-bond donors (Lipinski definition) is 3. The van der Waals surface area contributed by atoms with E-state index in [2.05, 4.69) is 52.3 Å². The van der Waals surface area contributed by atoms with Crippen LogP contribution in [0.2, 0.25) is 0 Å². The summed E-state index contributed by atoms with van der Waals surface area (Å²) in [6, 6.07) is 14.0. The maximum atomic E-state index is 14.8. The predicted octanol–water partition coefficient (Wildman–Crippen LogP) is 5.33. The van der Waals surface area contributed by atoms with Crippen LogP contribution in [0.25, 0.3) is 17.2 Å². The van der Waals surface area contributed by atoms with Gasteiger partial charge in [-0.15, -0.1) is 17.9 Å². The van der Waals surface area contributed by atoms with Gasteiger partial charge in [0.15, 0.2) is 0 Å². The molecule has 14 heteroatoms. The van der Waals surface area contributed by atoms with Crippen molar-refractivity contribution in [1.82, 2.24) is 20.3 Å². The lowest BCUT2D eigenvalue weighted by Crippen LogP contribution is -2.60. The number of nitrogens with zero attached hydrogens (tertiary/aromatic N) is 2. The molecule has 0 radical (unpaired) electrons. The van der Waals surface area contributed by atoms with Crippen molar-refractivity contribution in [2.75, 3.05) is 6.54 Å². The zero-order chi connectivity index (χ0) is 40.3. The van der Waals surface area contributed by atoms with Crippen LogP contribution in [-0.4, -0.2) is 78.2 Å². The summed E-state index contributed by atoms with van der Waals surface area (Å²) < 4.78 is 27.8. The van der Waals surface area contributed by atoms with Crippen LogP contribution in [0.3, 0.4) is 0 Å². The summed E-state index contributed by atoms with van der Waals surface area (Å²) in [5.41, 5.74) is 4.07. The van der Waals surface area contributed by atoms with Gasteiger partial charge < -0.3 is 20.4 Å². The van der Waals surface area contributed by atoms with Crippen molar-refractivity contribution < 1.29 is 32.4 Å². The van der Waals surface area contributed by atoms with Crippen molar-refractivity contribution in [3.8, 4) is 11.1 Å². The maximum Gasteiger partial charge on any atom is 0.262 e. The summed E-state index contributed by atoms with van der Waals surface area (Å²) in [6.45, 7) is 9.33. The highest BCUT2D eigenvalue weighted by molar-refractivity contribution is 7.91. The molecule has 2 aromatic carbocycles. The molecule has 8 rings (SSSR count). The Balaban J connectivity index is 1.16. The molecule has 12 nitrogen and oxygen atoms in total. The number of rotatable bonds is 6. The molecule has 3 aromatic rings. The number of aryl methyl sites for hydroxylation is 1. The molecule has 2 aliphatic heterocycles. The topological polar surface area (TPSA) is 163 Å². The highest BCUT2D eigenvalue weighted by Gasteiger charge is 2.62. The van der Waals surface area contributed by atoms with E-state index < -0.39 is 68.1 Å². The Morgan fingerprint density at radius 3 is 2.54 bits per heavy atom. The summed E-state index contributed by atoms with van der Waals surface area (Å²) >= 11 is 1.32. The van der Waals surface area contributed by atoms with Gasteiger partial charge in [-0.2, -0.15) is 0 Å². The van der Waals surface area contributed by atoms with E-state index in [1.807, 2.05) is 56.5 Å². The predicted molar refractivity (Wildman–Crippen MR) is 219 cm³/mol. The molecule has 4 amide bonds. The third kappa shape index (κ3) is 7.45. The number of amides is 4. The first-order chi connectivity index (χ1) is 27.2. The number of benzene rings is 2. The van der Waals surface area contributed by atoms with Crippen molar-refractivity contribution >= 4 is 56.8 Å². The highest BCUT2D eigenvalue weighted by atomic mass is 32.2. The van der Waals surface area contributed by atoms with E-state index >= 15 is 0 Å². The minimum atomic E-state index is -3.90. The van der Waals surface area contributed by atoms with Crippen LogP contribution in [0.1, 0.15) is 91.2 Å². The van der Waals surface area contributed by atoms with Gasteiger partial charge in [0.2, 0.25) is 21.8 Å². The van der Waals surface area contributed by atoms with E-state index in [1.165, 1.54) is 22.3 Å². The number of sulfonamides is 1. The second kappa shape index (κ2) is 14.7. The van der Waals surface area contributed by atoms with Gasteiger partial charge >= 0.3 is 0 Å². The average Bonchev–Trinajstić information content (AvgIpc) is 4.02. The van der Waals surface area contributed by atoms with Crippen LogP contribution in [0, 0.1) is 11.3 Å². The number of allylic oxidation sites excluding steroid dienone is 1. The fraction of sp³-hybridized carbons (Fsp3) is 0.419. The molecule has 1 aromatic heterocycles. The lowest BCUT2D eigenvalue weighted by atomic mass is 9.85. The summed E-state index contributed by atoms with van der Waals surface area (Å²) in [4.78, 5) is 65.0. The van der Waals surface area contributed by atoms with Crippen molar-refractivity contribution in [2.45, 2.75) is 94.7 Å². The SMILES string of the molecule is C=C[C@@H]1CC1(NC(=O)C1CC2CN1C(=O)[C@H](C(C)(C)C)NC(=O)c1sccc1CCC/C=C/c1ccc3c(c1)/C(=N\O2)c1ccccc1-3)C(=O)NS(=O)(=O)C1CC1. The Morgan fingerprint density at radius 1 is 1.07 bits per heavy atom. The third-order valence-corrected chi connectivity index (χ3v) is 14.4. The molecule has 3 fully saturated rings. The van der Waals surface area contributed by atoms with Gasteiger partial charge in [-0.3, -0.25) is 23.9 Å². The zero-order valence-electron chi connectivity index (χ0n) is 32.2. The molecule has 5 aliphatic rings.